The third kappa shape index (κ3) is 4.38. The van der Waals surface area contributed by atoms with Crippen molar-refractivity contribution >= 4 is 60.0 Å². The zero-order valence-corrected chi connectivity index (χ0v) is 27.1. The van der Waals surface area contributed by atoms with Crippen LogP contribution in [0.3, 0.4) is 0 Å². The van der Waals surface area contributed by atoms with E-state index in [0.717, 1.165) is 51.6 Å². The highest BCUT2D eigenvalue weighted by atomic mass is 15.1. The molecule has 49 heavy (non-hydrogen) atoms. The molecule has 0 radical (unpaired) electrons. The summed E-state index contributed by atoms with van der Waals surface area (Å²) in [4.78, 5) is 10.6. The molecule has 1 aliphatic rings. The second-order valence-corrected chi connectivity index (χ2v) is 13.1. The Morgan fingerprint density at radius 1 is 0.551 bits per heavy atom. The molecule has 6 aromatic carbocycles. The van der Waals surface area contributed by atoms with Gasteiger partial charge in [-0.15, -0.1) is 0 Å². The van der Waals surface area contributed by atoms with E-state index in [2.05, 4.69) is 174 Å². The molecule has 1 aliphatic carbocycles. The maximum atomic E-state index is 5.32. The third-order valence-corrected chi connectivity index (χ3v) is 10.0. The SMILES string of the molecule is CC1C=C(c2nc(-c3cccc4ccccc34)cc(-n3c4ccccc4c4cc(-n5c6ccccc6c6ccccc65)ccc43)n2)C=CC1. The van der Waals surface area contributed by atoms with E-state index < -0.39 is 0 Å². The van der Waals surface area contributed by atoms with E-state index in [1.807, 2.05) is 0 Å². The number of hydrogen-bond acceptors (Lipinski definition) is 2. The summed E-state index contributed by atoms with van der Waals surface area (Å²) in [6, 6.07) is 50.1. The lowest BCUT2D eigenvalue weighted by molar-refractivity contribution is 0.738. The maximum absolute atomic E-state index is 5.32. The zero-order chi connectivity index (χ0) is 32.5. The predicted molar refractivity (Wildman–Crippen MR) is 205 cm³/mol. The normalized spacial score (nSPS) is 14.8. The Hall–Kier alpha value is -6.26. The van der Waals surface area contributed by atoms with Crippen LogP contribution in [0.4, 0.5) is 0 Å². The number of hydrogen-bond donors (Lipinski definition) is 0. The van der Waals surface area contributed by atoms with Crippen molar-refractivity contribution in [3.8, 4) is 22.8 Å². The average molecular weight is 629 g/mol. The first-order valence-electron chi connectivity index (χ1n) is 17.0. The van der Waals surface area contributed by atoms with Crippen molar-refractivity contribution in [2.75, 3.05) is 0 Å². The molecule has 4 nitrogen and oxygen atoms in total. The smallest absolute Gasteiger partial charge is 0.161 e. The lowest BCUT2D eigenvalue weighted by Gasteiger charge is -2.16. The van der Waals surface area contributed by atoms with E-state index >= 15 is 0 Å². The molecule has 0 aliphatic heterocycles. The summed E-state index contributed by atoms with van der Waals surface area (Å²) in [5.41, 5.74) is 8.86. The minimum Gasteiger partial charge on any atom is -0.309 e. The largest absolute Gasteiger partial charge is 0.309 e. The first kappa shape index (κ1) is 27.8. The van der Waals surface area contributed by atoms with E-state index in [9.17, 15) is 0 Å². The van der Waals surface area contributed by atoms with Crippen molar-refractivity contribution in [2.45, 2.75) is 13.3 Å². The van der Waals surface area contributed by atoms with Crippen molar-refractivity contribution in [2.24, 2.45) is 5.92 Å². The summed E-state index contributed by atoms with van der Waals surface area (Å²) in [5.74, 6) is 2.04. The van der Waals surface area contributed by atoms with Gasteiger partial charge >= 0.3 is 0 Å². The quantitative estimate of drug-likeness (QED) is 0.194. The van der Waals surface area contributed by atoms with Crippen LogP contribution in [0, 0.1) is 5.92 Å². The van der Waals surface area contributed by atoms with Gasteiger partial charge in [0, 0.05) is 44.4 Å². The lowest BCUT2D eigenvalue weighted by Crippen LogP contribution is -2.06. The average Bonchev–Trinajstić information content (AvgIpc) is 3.67. The molecule has 4 heteroatoms. The number of fused-ring (bicyclic) bond motifs is 7. The monoisotopic (exact) mass is 628 g/mol. The Labute approximate surface area is 283 Å². The first-order valence-corrected chi connectivity index (χ1v) is 17.0. The van der Waals surface area contributed by atoms with Gasteiger partial charge in [-0.1, -0.05) is 122 Å². The van der Waals surface area contributed by atoms with Gasteiger partial charge in [0.15, 0.2) is 5.82 Å². The Bertz CT molecular complexity index is 2770. The molecular formula is C45H32N4. The van der Waals surface area contributed by atoms with Crippen LogP contribution in [0.2, 0.25) is 0 Å². The van der Waals surface area contributed by atoms with Gasteiger partial charge in [0.2, 0.25) is 0 Å². The van der Waals surface area contributed by atoms with Crippen LogP contribution in [0.15, 0.2) is 158 Å². The van der Waals surface area contributed by atoms with Gasteiger partial charge in [-0.3, -0.25) is 4.57 Å². The molecule has 9 aromatic rings. The maximum Gasteiger partial charge on any atom is 0.161 e. The minimum atomic E-state index is 0.431. The van der Waals surface area contributed by atoms with Crippen molar-refractivity contribution < 1.29 is 0 Å². The molecular weight excluding hydrogens is 597 g/mol. The van der Waals surface area contributed by atoms with Crippen molar-refractivity contribution in [1.29, 1.82) is 0 Å². The highest BCUT2D eigenvalue weighted by Crippen LogP contribution is 2.38. The number of rotatable bonds is 4. The van der Waals surface area contributed by atoms with E-state index in [4.69, 9.17) is 9.97 Å². The standard InChI is InChI=1S/C45H32N4/c1-29-12-10-15-31(26-29)45-46-39(34-20-11-14-30-13-2-3-16-33(30)34)28-44(47-45)49-42-23-9-6-19-37(42)38-27-32(24-25-43(38)49)48-40-21-7-4-17-35(40)36-18-5-8-22-41(36)48/h2-11,13-29H,12H2,1H3. The molecule has 10 rings (SSSR count). The van der Waals surface area contributed by atoms with Crippen LogP contribution in [0.25, 0.3) is 82.7 Å². The van der Waals surface area contributed by atoms with Gasteiger partial charge in [0.1, 0.15) is 5.82 Å². The molecule has 1 atom stereocenters. The van der Waals surface area contributed by atoms with Crippen LogP contribution in [0.5, 0.6) is 0 Å². The van der Waals surface area contributed by atoms with Crippen LogP contribution < -0.4 is 0 Å². The van der Waals surface area contributed by atoms with Crippen molar-refractivity contribution in [3.05, 3.63) is 164 Å². The summed E-state index contributed by atoms with van der Waals surface area (Å²) in [6.07, 6.45) is 7.75. The van der Waals surface area contributed by atoms with Crippen molar-refractivity contribution in [1.82, 2.24) is 19.1 Å². The number of benzene rings is 6. The number of nitrogens with zero attached hydrogens (tertiary/aromatic N) is 4. The Kier molecular flexibility index (Phi) is 6.18. The Balaban J connectivity index is 1.25. The number of para-hydroxylation sites is 3. The van der Waals surface area contributed by atoms with Gasteiger partial charge < -0.3 is 4.57 Å². The van der Waals surface area contributed by atoms with Crippen LogP contribution in [0.1, 0.15) is 19.2 Å². The van der Waals surface area contributed by atoms with Gasteiger partial charge in [-0.25, -0.2) is 9.97 Å². The zero-order valence-electron chi connectivity index (χ0n) is 27.1. The third-order valence-electron chi connectivity index (χ3n) is 10.0. The Morgan fingerprint density at radius 2 is 1.16 bits per heavy atom. The van der Waals surface area contributed by atoms with E-state index in [-0.39, 0.29) is 0 Å². The number of allylic oxidation sites excluding steroid dienone is 4. The van der Waals surface area contributed by atoms with Crippen LogP contribution >= 0.6 is 0 Å². The fourth-order valence-corrected chi connectivity index (χ4v) is 7.80. The molecule has 0 saturated carbocycles. The molecule has 1 unspecified atom stereocenters. The fourth-order valence-electron chi connectivity index (χ4n) is 7.80. The lowest BCUT2D eigenvalue weighted by atomic mass is 9.97. The predicted octanol–water partition coefficient (Wildman–Crippen LogP) is 11.5. The molecule has 3 aromatic heterocycles. The molecule has 0 bridgehead atoms. The van der Waals surface area contributed by atoms with Crippen LogP contribution in [-0.2, 0) is 0 Å². The van der Waals surface area contributed by atoms with Gasteiger partial charge in [-0.05, 0) is 59.5 Å². The highest BCUT2D eigenvalue weighted by Gasteiger charge is 2.20. The van der Waals surface area contributed by atoms with E-state index in [1.54, 1.807) is 0 Å². The molecule has 0 saturated heterocycles. The van der Waals surface area contributed by atoms with Gasteiger partial charge in [-0.2, -0.15) is 0 Å². The second-order valence-electron chi connectivity index (χ2n) is 13.1. The van der Waals surface area contributed by atoms with E-state index in [1.165, 1.54) is 43.4 Å². The highest BCUT2D eigenvalue weighted by molar-refractivity contribution is 6.12. The van der Waals surface area contributed by atoms with E-state index in [0.29, 0.717) is 5.92 Å². The topological polar surface area (TPSA) is 35.6 Å². The summed E-state index contributed by atoms with van der Waals surface area (Å²) in [7, 11) is 0. The number of aromatic nitrogens is 4. The molecule has 0 amide bonds. The summed E-state index contributed by atoms with van der Waals surface area (Å²) >= 11 is 0. The van der Waals surface area contributed by atoms with Gasteiger partial charge in [0.25, 0.3) is 0 Å². The Morgan fingerprint density at radius 3 is 1.90 bits per heavy atom. The molecule has 0 spiro atoms. The first-order chi connectivity index (χ1) is 24.2. The molecule has 232 valence electrons. The van der Waals surface area contributed by atoms with Gasteiger partial charge in [0.05, 0.1) is 27.8 Å². The van der Waals surface area contributed by atoms with Crippen LogP contribution in [-0.4, -0.2) is 19.1 Å². The molecule has 3 heterocycles. The fraction of sp³-hybridized carbons (Fsp3) is 0.0667. The van der Waals surface area contributed by atoms with Crippen molar-refractivity contribution in [3.63, 3.8) is 0 Å². The molecule has 0 fully saturated rings. The summed E-state index contributed by atoms with van der Waals surface area (Å²) in [5, 5.41) is 7.28. The summed E-state index contributed by atoms with van der Waals surface area (Å²) < 4.78 is 4.71. The molecule has 0 N–H and O–H groups in total. The summed E-state index contributed by atoms with van der Waals surface area (Å²) in [6.45, 7) is 2.25. The second kappa shape index (κ2) is 10.9. The minimum absolute atomic E-state index is 0.431.